The van der Waals surface area contributed by atoms with Crippen LogP contribution in [0.2, 0.25) is 18.1 Å². The van der Waals surface area contributed by atoms with Crippen molar-refractivity contribution < 1.29 is 4.43 Å². The van der Waals surface area contributed by atoms with Gasteiger partial charge in [0, 0.05) is 11.4 Å². The van der Waals surface area contributed by atoms with Gasteiger partial charge in [-0.15, -0.1) is 30.1 Å². The van der Waals surface area contributed by atoms with Gasteiger partial charge in [-0.1, -0.05) is 26.8 Å². The molecule has 24 heavy (non-hydrogen) atoms. The van der Waals surface area contributed by atoms with Crippen LogP contribution in [0.1, 0.15) is 72.6 Å². The van der Waals surface area contributed by atoms with Crippen molar-refractivity contribution in [3.63, 3.8) is 0 Å². The van der Waals surface area contributed by atoms with E-state index in [9.17, 15) is 0 Å². The van der Waals surface area contributed by atoms with Gasteiger partial charge < -0.3 is 4.43 Å². The third-order valence-corrected chi connectivity index (χ3v) is 13.2. The Balaban J connectivity index is 2.25. The maximum atomic E-state index is 6.49. The molecule has 0 spiro atoms. The fourth-order valence-electron chi connectivity index (χ4n) is 2.82. The van der Waals surface area contributed by atoms with Crippen LogP contribution in [0.5, 0.6) is 0 Å². The van der Waals surface area contributed by atoms with Crippen LogP contribution in [0, 0.1) is 0 Å². The minimum absolute atomic E-state index is 0.314. The molecule has 1 saturated heterocycles. The highest BCUT2D eigenvalue weighted by Gasteiger charge is 2.38. The molecule has 3 atom stereocenters. The second-order valence-corrected chi connectivity index (χ2v) is 16.6. The topological polar surface area (TPSA) is 9.23 Å². The van der Waals surface area contributed by atoms with Crippen molar-refractivity contribution in [2.24, 2.45) is 0 Å². The minimum atomic E-state index is -1.61. The van der Waals surface area contributed by atoms with Crippen molar-refractivity contribution in [2.75, 3.05) is 5.75 Å². The van der Waals surface area contributed by atoms with Crippen LogP contribution < -0.4 is 0 Å². The van der Waals surface area contributed by atoms with Crippen LogP contribution in [-0.2, 0) is 4.43 Å². The lowest BCUT2D eigenvalue weighted by molar-refractivity contribution is 0.186. The second kappa shape index (κ2) is 10.7. The Hall–Kier alpha value is 0.617. The summed E-state index contributed by atoms with van der Waals surface area (Å²) in [5, 5.41) is 1.20. The molecule has 0 radical (unpaired) electrons. The molecule has 0 aliphatic carbocycles. The maximum Gasteiger partial charge on any atom is 0.192 e. The van der Waals surface area contributed by atoms with Crippen molar-refractivity contribution in [2.45, 2.75) is 107 Å². The standard InChI is InChI=1S/C20H40OS2Si/c1-8-9-10-13-18-15-16-22-19(23-18)14-11-12-17(2)21-24(6,7)20(3,4)5/h8,17-19H,1,9-16H2,2-7H3. The highest BCUT2D eigenvalue weighted by Crippen LogP contribution is 2.41. The average Bonchev–Trinajstić information content (AvgIpc) is 2.46. The molecule has 0 aromatic rings. The molecule has 0 aromatic carbocycles. The third-order valence-electron chi connectivity index (χ3n) is 5.37. The number of unbranched alkanes of at least 4 members (excludes halogenated alkanes) is 1. The lowest BCUT2D eigenvalue weighted by atomic mass is 10.1. The summed E-state index contributed by atoms with van der Waals surface area (Å²) < 4.78 is 7.31. The van der Waals surface area contributed by atoms with Gasteiger partial charge in [-0.05, 0) is 75.8 Å². The van der Waals surface area contributed by atoms with Crippen LogP contribution in [0.4, 0.5) is 0 Å². The van der Waals surface area contributed by atoms with E-state index in [1.807, 2.05) is 0 Å². The molecule has 3 unspecified atom stereocenters. The summed E-state index contributed by atoms with van der Waals surface area (Å²) in [5.74, 6) is 1.35. The van der Waals surface area contributed by atoms with E-state index in [0.29, 0.717) is 11.1 Å². The smallest absolute Gasteiger partial charge is 0.192 e. The lowest BCUT2D eigenvalue weighted by Crippen LogP contribution is -2.43. The molecule has 0 amide bonds. The predicted octanol–water partition coefficient (Wildman–Crippen LogP) is 7.49. The maximum absolute atomic E-state index is 6.49. The first-order valence-corrected chi connectivity index (χ1v) is 14.6. The number of thioether (sulfide) groups is 2. The molecular formula is C20H40OS2Si. The summed E-state index contributed by atoms with van der Waals surface area (Å²) >= 11 is 4.43. The van der Waals surface area contributed by atoms with E-state index in [-0.39, 0.29) is 0 Å². The average molecular weight is 389 g/mol. The number of rotatable bonds is 10. The highest BCUT2D eigenvalue weighted by molar-refractivity contribution is 8.17. The minimum Gasteiger partial charge on any atom is -0.414 e. The molecule has 1 aliphatic heterocycles. The van der Waals surface area contributed by atoms with Crippen LogP contribution in [0.15, 0.2) is 12.7 Å². The summed E-state index contributed by atoms with van der Waals surface area (Å²) in [6, 6.07) is 0. The first-order valence-electron chi connectivity index (χ1n) is 9.71. The molecule has 1 fully saturated rings. The predicted molar refractivity (Wildman–Crippen MR) is 118 cm³/mol. The summed E-state index contributed by atoms with van der Waals surface area (Å²) in [6.45, 7) is 17.8. The van der Waals surface area contributed by atoms with Gasteiger partial charge in [-0.2, -0.15) is 0 Å². The van der Waals surface area contributed by atoms with Gasteiger partial charge in [0.25, 0.3) is 0 Å². The highest BCUT2D eigenvalue weighted by atomic mass is 32.2. The Morgan fingerprint density at radius 2 is 1.96 bits per heavy atom. The number of hydrogen-bond donors (Lipinski definition) is 0. The fraction of sp³-hybridized carbons (Fsp3) is 0.900. The van der Waals surface area contributed by atoms with Crippen molar-refractivity contribution in [1.29, 1.82) is 0 Å². The fourth-order valence-corrected chi connectivity index (χ4v) is 7.82. The van der Waals surface area contributed by atoms with E-state index < -0.39 is 8.32 Å². The first-order chi connectivity index (χ1) is 11.2. The number of allylic oxidation sites excluding steroid dienone is 1. The molecular weight excluding hydrogens is 348 g/mol. The number of hydrogen-bond acceptors (Lipinski definition) is 3. The molecule has 0 saturated carbocycles. The van der Waals surface area contributed by atoms with Gasteiger partial charge >= 0.3 is 0 Å². The van der Waals surface area contributed by atoms with Crippen LogP contribution >= 0.6 is 23.5 Å². The molecule has 1 heterocycles. The van der Waals surface area contributed by atoms with Crippen molar-refractivity contribution in [1.82, 2.24) is 0 Å². The normalized spacial score (nSPS) is 23.9. The largest absolute Gasteiger partial charge is 0.414 e. The first kappa shape index (κ1) is 22.7. The molecule has 142 valence electrons. The van der Waals surface area contributed by atoms with Gasteiger partial charge in [0.1, 0.15) is 0 Å². The van der Waals surface area contributed by atoms with Crippen molar-refractivity contribution in [3.8, 4) is 0 Å². The monoisotopic (exact) mass is 388 g/mol. The molecule has 1 nitrogen and oxygen atoms in total. The summed E-state index contributed by atoms with van der Waals surface area (Å²) in [5.41, 5.74) is 0. The third kappa shape index (κ3) is 8.33. The van der Waals surface area contributed by atoms with E-state index in [4.69, 9.17) is 4.43 Å². The summed E-state index contributed by atoms with van der Waals surface area (Å²) in [7, 11) is -1.61. The Morgan fingerprint density at radius 1 is 1.25 bits per heavy atom. The lowest BCUT2D eigenvalue weighted by Gasteiger charge is -2.38. The zero-order valence-electron chi connectivity index (χ0n) is 16.9. The van der Waals surface area contributed by atoms with Gasteiger partial charge in [-0.25, -0.2) is 0 Å². The molecule has 4 heteroatoms. The Morgan fingerprint density at radius 3 is 2.58 bits per heavy atom. The van der Waals surface area contributed by atoms with E-state index in [0.717, 1.165) is 9.83 Å². The molecule has 1 rings (SSSR count). The van der Waals surface area contributed by atoms with E-state index in [1.54, 1.807) is 0 Å². The zero-order chi connectivity index (χ0) is 18.2. The van der Waals surface area contributed by atoms with Crippen LogP contribution in [-0.4, -0.2) is 30.0 Å². The summed E-state index contributed by atoms with van der Waals surface area (Å²) in [6.07, 6.45) is 11.6. The molecule has 1 aliphatic rings. The van der Waals surface area contributed by atoms with Gasteiger partial charge in [-0.3, -0.25) is 0 Å². The van der Waals surface area contributed by atoms with E-state index in [2.05, 4.69) is 77.0 Å². The van der Waals surface area contributed by atoms with Crippen LogP contribution in [0.3, 0.4) is 0 Å². The van der Waals surface area contributed by atoms with Gasteiger partial charge in [0.05, 0.1) is 4.58 Å². The Labute approximate surface area is 161 Å². The van der Waals surface area contributed by atoms with E-state index >= 15 is 0 Å². The Bertz CT molecular complexity index is 365. The Kier molecular flexibility index (Phi) is 10.1. The molecule has 0 N–H and O–H groups in total. The van der Waals surface area contributed by atoms with Crippen molar-refractivity contribution in [3.05, 3.63) is 12.7 Å². The van der Waals surface area contributed by atoms with Crippen molar-refractivity contribution >= 4 is 31.8 Å². The SMILES string of the molecule is C=CCCCC1CCSC(CCCC(C)O[Si](C)(C)C(C)(C)C)S1. The van der Waals surface area contributed by atoms with Crippen LogP contribution in [0.25, 0.3) is 0 Å². The van der Waals surface area contributed by atoms with Gasteiger partial charge in [0.15, 0.2) is 8.32 Å². The molecule has 0 aromatic heterocycles. The van der Waals surface area contributed by atoms with E-state index in [1.165, 1.54) is 50.7 Å². The molecule has 0 bridgehead atoms. The zero-order valence-corrected chi connectivity index (χ0v) is 19.5. The van der Waals surface area contributed by atoms with Gasteiger partial charge in [0.2, 0.25) is 0 Å². The second-order valence-electron chi connectivity index (χ2n) is 8.69. The quantitative estimate of drug-likeness (QED) is 0.218. The summed E-state index contributed by atoms with van der Waals surface area (Å²) in [4.78, 5) is 0.